The molecular formula is C18H28N4O2. The first-order valence-corrected chi connectivity index (χ1v) is 8.55. The molecule has 0 atom stereocenters. The van der Waals surface area contributed by atoms with Crippen molar-refractivity contribution in [2.75, 3.05) is 58.3 Å². The highest BCUT2D eigenvalue weighted by Crippen LogP contribution is 2.15. The summed E-state index contributed by atoms with van der Waals surface area (Å²) in [6.07, 6.45) is 0.843. The second-order valence-electron chi connectivity index (χ2n) is 6.39. The van der Waals surface area contributed by atoms with Gasteiger partial charge in [0.1, 0.15) is 6.42 Å². The van der Waals surface area contributed by atoms with Gasteiger partial charge in [-0.2, -0.15) is 0 Å². The fraction of sp³-hybridized carbons (Fsp3) is 0.556. The molecule has 2 amide bonds. The molecule has 0 aliphatic carbocycles. The highest BCUT2D eigenvalue weighted by molar-refractivity contribution is 5.96. The smallest absolute Gasteiger partial charge is 0.232 e. The molecule has 24 heavy (non-hydrogen) atoms. The molecule has 1 aliphatic heterocycles. The van der Waals surface area contributed by atoms with Crippen LogP contribution in [0.2, 0.25) is 0 Å². The van der Waals surface area contributed by atoms with E-state index in [9.17, 15) is 9.59 Å². The SMILES string of the molecule is CN(C)CCCNC(=O)CC(=O)N1CCN(c2ccccc2)CC1. The van der Waals surface area contributed by atoms with E-state index in [-0.39, 0.29) is 18.2 Å². The Morgan fingerprint density at radius 2 is 1.75 bits per heavy atom. The Balaban J connectivity index is 1.68. The predicted molar refractivity (Wildman–Crippen MR) is 96.0 cm³/mol. The van der Waals surface area contributed by atoms with Crippen LogP contribution >= 0.6 is 0 Å². The van der Waals surface area contributed by atoms with E-state index in [1.807, 2.05) is 32.3 Å². The summed E-state index contributed by atoms with van der Waals surface area (Å²) in [5.74, 6) is -0.253. The van der Waals surface area contributed by atoms with Crippen molar-refractivity contribution in [2.24, 2.45) is 0 Å². The number of hydrogen-bond donors (Lipinski definition) is 1. The first kappa shape index (κ1) is 18.3. The molecule has 0 aromatic heterocycles. The first-order valence-electron chi connectivity index (χ1n) is 8.55. The minimum atomic E-state index is -0.177. The average molecular weight is 332 g/mol. The maximum Gasteiger partial charge on any atom is 0.232 e. The molecule has 0 bridgehead atoms. The zero-order valence-electron chi connectivity index (χ0n) is 14.7. The molecule has 0 saturated carbocycles. The Bertz CT molecular complexity index is 525. The molecule has 1 aromatic carbocycles. The molecule has 6 nitrogen and oxygen atoms in total. The van der Waals surface area contributed by atoms with Crippen molar-refractivity contribution in [1.82, 2.24) is 15.1 Å². The largest absolute Gasteiger partial charge is 0.368 e. The van der Waals surface area contributed by atoms with E-state index < -0.39 is 0 Å². The second-order valence-corrected chi connectivity index (χ2v) is 6.39. The highest BCUT2D eigenvalue weighted by atomic mass is 16.2. The lowest BCUT2D eigenvalue weighted by atomic mass is 10.2. The second kappa shape index (κ2) is 9.27. The van der Waals surface area contributed by atoms with E-state index in [1.165, 1.54) is 5.69 Å². The Labute approximate surface area is 144 Å². The van der Waals surface area contributed by atoms with Gasteiger partial charge in [-0.15, -0.1) is 0 Å². The number of anilines is 1. The van der Waals surface area contributed by atoms with E-state index in [1.54, 1.807) is 4.90 Å². The minimum absolute atomic E-state index is 0.0483. The number of amides is 2. The van der Waals surface area contributed by atoms with Crippen LogP contribution in [0.4, 0.5) is 5.69 Å². The molecule has 2 rings (SSSR count). The van der Waals surface area contributed by atoms with Crippen molar-refractivity contribution >= 4 is 17.5 Å². The molecule has 1 fully saturated rings. The predicted octanol–water partition coefficient (Wildman–Crippen LogP) is 0.793. The van der Waals surface area contributed by atoms with Crippen molar-refractivity contribution in [1.29, 1.82) is 0 Å². The van der Waals surface area contributed by atoms with Crippen LogP contribution in [-0.4, -0.2) is 75.0 Å². The maximum atomic E-state index is 12.2. The van der Waals surface area contributed by atoms with Gasteiger partial charge in [-0.05, 0) is 39.2 Å². The summed E-state index contributed by atoms with van der Waals surface area (Å²) in [6, 6.07) is 10.2. The number of hydrogen-bond acceptors (Lipinski definition) is 4. The number of nitrogens with one attached hydrogen (secondary N) is 1. The van der Waals surface area contributed by atoms with Gasteiger partial charge < -0.3 is 20.0 Å². The van der Waals surface area contributed by atoms with Crippen LogP contribution in [0.15, 0.2) is 30.3 Å². The summed E-state index contributed by atoms with van der Waals surface area (Å²) in [5.41, 5.74) is 1.18. The van der Waals surface area contributed by atoms with Gasteiger partial charge in [0.05, 0.1) is 0 Å². The van der Waals surface area contributed by atoms with Gasteiger partial charge >= 0.3 is 0 Å². The minimum Gasteiger partial charge on any atom is -0.368 e. The Morgan fingerprint density at radius 1 is 1.08 bits per heavy atom. The lowest BCUT2D eigenvalue weighted by molar-refractivity contribution is -0.136. The zero-order chi connectivity index (χ0) is 17.4. The van der Waals surface area contributed by atoms with E-state index in [2.05, 4.69) is 27.2 Å². The molecule has 1 aliphatic rings. The van der Waals surface area contributed by atoms with Gasteiger partial charge in [-0.1, -0.05) is 18.2 Å². The number of para-hydroxylation sites is 1. The van der Waals surface area contributed by atoms with Crippen molar-refractivity contribution < 1.29 is 9.59 Å². The Hall–Kier alpha value is -2.08. The van der Waals surface area contributed by atoms with Crippen LogP contribution in [0.3, 0.4) is 0 Å². The third-order valence-electron chi connectivity index (χ3n) is 4.17. The molecular weight excluding hydrogens is 304 g/mol. The standard InChI is InChI=1S/C18H28N4O2/c1-20(2)10-6-9-19-17(23)15-18(24)22-13-11-21(12-14-22)16-7-4-3-5-8-16/h3-5,7-8H,6,9-15H2,1-2H3,(H,19,23). The van der Waals surface area contributed by atoms with Gasteiger partial charge in [0, 0.05) is 38.4 Å². The fourth-order valence-corrected chi connectivity index (χ4v) is 2.79. The van der Waals surface area contributed by atoms with Crippen molar-refractivity contribution in [3.05, 3.63) is 30.3 Å². The Kier molecular flexibility index (Phi) is 7.06. The van der Waals surface area contributed by atoms with E-state index in [0.29, 0.717) is 19.6 Å². The summed E-state index contributed by atoms with van der Waals surface area (Å²) in [5, 5.41) is 2.82. The lowest BCUT2D eigenvalue weighted by Crippen LogP contribution is -2.49. The molecule has 1 N–H and O–H groups in total. The van der Waals surface area contributed by atoms with E-state index in [4.69, 9.17) is 0 Å². The molecule has 0 radical (unpaired) electrons. The lowest BCUT2D eigenvalue weighted by Gasteiger charge is -2.36. The number of benzene rings is 1. The summed E-state index contributed by atoms with van der Waals surface area (Å²) in [7, 11) is 4.00. The van der Waals surface area contributed by atoms with Crippen LogP contribution in [0.5, 0.6) is 0 Å². The number of carbonyl (C=O) groups is 2. The van der Waals surface area contributed by atoms with E-state index >= 15 is 0 Å². The van der Waals surface area contributed by atoms with Gasteiger partial charge in [0.25, 0.3) is 0 Å². The van der Waals surface area contributed by atoms with Gasteiger partial charge in [0.15, 0.2) is 0 Å². The average Bonchev–Trinajstić information content (AvgIpc) is 2.59. The van der Waals surface area contributed by atoms with Gasteiger partial charge in [0.2, 0.25) is 11.8 Å². The number of carbonyl (C=O) groups excluding carboxylic acids is 2. The third-order valence-corrected chi connectivity index (χ3v) is 4.17. The third kappa shape index (κ3) is 5.85. The van der Waals surface area contributed by atoms with Crippen LogP contribution in [-0.2, 0) is 9.59 Å². The maximum absolute atomic E-state index is 12.2. The summed E-state index contributed by atoms with van der Waals surface area (Å²) in [6.45, 7) is 4.49. The molecule has 132 valence electrons. The first-order chi connectivity index (χ1) is 11.6. The quantitative estimate of drug-likeness (QED) is 0.593. The fourth-order valence-electron chi connectivity index (χ4n) is 2.79. The molecule has 1 saturated heterocycles. The number of piperazine rings is 1. The van der Waals surface area contributed by atoms with Crippen molar-refractivity contribution in [2.45, 2.75) is 12.8 Å². The number of rotatable bonds is 7. The van der Waals surface area contributed by atoms with Gasteiger partial charge in [-0.25, -0.2) is 0 Å². The number of nitrogens with zero attached hydrogens (tertiary/aromatic N) is 3. The molecule has 1 aromatic rings. The Morgan fingerprint density at radius 3 is 2.38 bits per heavy atom. The normalized spacial score (nSPS) is 14.8. The summed E-state index contributed by atoms with van der Waals surface area (Å²) < 4.78 is 0. The van der Waals surface area contributed by atoms with Crippen LogP contribution in [0, 0.1) is 0 Å². The molecule has 0 unspecified atom stereocenters. The van der Waals surface area contributed by atoms with Crippen LogP contribution in [0.25, 0.3) is 0 Å². The van der Waals surface area contributed by atoms with Crippen molar-refractivity contribution in [3.63, 3.8) is 0 Å². The molecule has 6 heteroatoms. The zero-order valence-corrected chi connectivity index (χ0v) is 14.7. The monoisotopic (exact) mass is 332 g/mol. The van der Waals surface area contributed by atoms with Gasteiger partial charge in [-0.3, -0.25) is 9.59 Å². The highest BCUT2D eigenvalue weighted by Gasteiger charge is 2.22. The van der Waals surface area contributed by atoms with Crippen LogP contribution in [0.1, 0.15) is 12.8 Å². The van der Waals surface area contributed by atoms with Crippen LogP contribution < -0.4 is 10.2 Å². The van der Waals surface area contributed by atoms with Crippen molar-refractivity contribution in [3.8, 4) is 0 Å². The topological polar surface area (TPSA) is 55.9 Å². The van der Waals surface area contributed by atoms with E-state index in [0.717, 1.165) is 26.1 Å². The molecule has 1 heterocycles. The summed E-state index contributed by atoms with van der Waals surface area (Å²) in [4.78, 5) is 30.2. The summed E-state index contributed by atoms with van der Waals surface area (Å²) >= 11 is 0. The molecule has 0 spiro atoms.